The average molecular weight is 277 g/mol. The van der Waals surface area contributed by atoms with Crippen LogP contribution in [0.3, 0.4) is 0 Å². The van der Waals surface area contributed by atoms with Crippen LogP contribution in [0.4, 0.5) is 0 Å². The Hall–Kier alpha value is -1.98. The Morgan fingerprint density at radius 3 is 2.70 bits per heavy atom. The zero-order valence-corrected chi connectivity index (χ0v) is 12.0. The fourth-order valence-corrected chi connectivity index (χ4v) is 3.11. The number of aliphatic hydroxyl groups is 1. The van der Waals surface area contributed by atoms with Gasteiger partial charge in [-0.05, 0) is 13.8 Å². The molecule has 3 heterocycles. The highest BCUT2D eigenvalue weighted by atomic mass is 16.3. The first-order valence-electron chi connectivity index (χ1n) is 6.88. The van der Waals surface area contributed by atoms with Gasteiger partial charge in [-0.3, -0.25) is 9.59 Å². The molecule has 0 aliphatic carbocycles. The van der Waals surface area contributed by atoms with Crippen molar-refractivity contribution in [3.8, 4) is 0 Å². The normalized spacial score (nSPS) is 26.3. The zero-order valence-electron chi connectivity index (χ0n) is 12.0. The molecule has 0 radical (unpaired) electrons. The lowest BCUT2D eigenvalue weighted by molar-refractivity contribution is -0.146. The van der Waals surface area contributed by atoms with E-state index in [4.69, 9.17) is 0 Å². The van der Waals surface area contributed by atoms with E-state index in [2.05, 4.69) is 0 Å². The minimum atomic E-state index is -0.419. The molecule has 3 aliphatic rings. The SMILES string of the molecule is CC(C)N1CC2C(=O)N(C)CC3=CCC(O)=C(C1=O)N32. The topological polar surface area (TPSA) is 64.1 Å². The lowest BCUT2D eigenvalue weighted by atomic mass is 9.97. The highest BCUT2D eigenvalue weighted by molar-refractivity contribution is 5.98. The minimum absolute atomic E-state index is 0.000612. The van der Waals surface area contributed by atoms with Crippen LogP contribution < -0.4 is 0 Å². The molecule has 20 heavy (non-hydrogen) atoms. The predicted molar refractivity (Wildman–Crippen MR) is 72.5 cm³/mol. The number of nitrogens with zero attached hydrogens (tertiary/aromatic N) is 3. The molecule has 6 heteroatoms. The third-order valence-corrected chi connectivity index (χ3v) is 4.18. The Bertz CT molecular complexity index is 550. The Kier molecular flexibility index (Phi) is 2.77. The first-order chi connectivity index (χ1) is 9.41. The van der Waals surface area contributed by atoms with Crippen LogP contribution in [-0.4, -0.2) is 63.8 Å². The third-order valence-electron chi connectivity index (χ3n) is 4.18. The van der Waals surface area contributed by atoms with Crippen molar-refractivity contribution >= 4 is 11.8 Å². The number of hydrogen-bond acceptors (Lipinski definition) is 4. The standard InChI is InChI=1S/C14H19N3O3/c1-8(2)16-7-10-13(19)15(3)6-9-4-5-11(18)12(14(16)20)17(9)10/h4,8,10,18H,5-7H2,1-3H3. The Balaban J connectivity index is 2.09. The summed E-state index contributed by atoms with van der Waals surface area (Å²) < 4.78 is 0. The molecular formula is C14H19N3O3. The molecule has 0 saturated carbocycles. The highest BCUT2D eigenvalue weighted by Gasteiger charge is 2.48. The van der Waals surface area contributed by atoms with Gasteiger partial charge in [-0.2, -0.15) is 0 Å². The molecule has 2 amide bonds. The average Bonchev–Trinajstić information content (AvgIpc) is 2.39. The summed E-state index contributed by atoms with van der Waals surface area (Å²) in [6.45, 7) is 4.69. The largest absolute Gasteiger partial charge is 0.510 e. The Morgan fingerprint density at radius 2 is 2.05 bits per heavy atom. The van der Waals surface area contributed by atoms with E-state index in [0.717, 1.165) is 5.70 Å². The van der Waals surface area contributed by atoms with Crippen molar-refractivity contribution in [1.29, 1.82) is 0 Å². The summed E-state index contributed by atoms with van der Waals surface area (Å²) in [5.74, 6) is -0.129. The van der Waals surface area contributed by atoms with Crippen LogP contribution in [0.25, 0.3) is 0 Å². The monoisotopic (exact) mass is 277 g/mol. The van der Waals surface area contributed by atoms with Gasteiger partial charge in [-0.1, -0.05) is 6.08 Å². The number of hydrogen-bond donors (Lipinski definition) is 1. The van der Waals surface area contributed by atoms with Crippen LogP contribution in [-0.2, 0) is 9.59 Å². The van der Waals surface area contributed by atoms with Crippen LogP contribution in [0.15, 0.2) is 23.2 Å². The van der Waals surface area contributed by atoms with Crippen LogP contribution in [0.1, 0.15) is 20.3 Å². The zero-order chi connectivity index (χ0) is 14.6. The molecule has 0 spiro atoms. The van der Waals surface area contributed by atoms with Crippen LogP contribution in [0, 0.1) is 0 Å². The van der Waals surface area contributed by atoms with Crippen molar-refractivity contribution in [2.24, 2.45) is 0 Å². The summed E-state index contributed by atoms with van der Waals surface area (Å²) in [5, 5.41) is 10.1. The van der Waals surface area contributed by atoms with Gasteiger partial charge in [0.2, 0.25) is 5.91 Å². The lowest BCUT2D eigenvalue weighted by Crippen LogP contribution is -2.65. The maximum atomic E-state index is 12.5. The quantitative estimate of drug-likeness (QED) is 0.755. The van der Waals surface area contributed by atoms with Gasteiger partial charge in [0, 0.05) is 25.2 Å². The van der Waals surface area contributed by atoms with Crippen molar-refractivity contribution in [2.75, 3.05) is 20.1 Å². The summed E-state index contributed by atoms with van der Waals surface area (Å²) >= 11 is 0. The third kappa shape index (κ3) is 1.63. The van der Waals surface area contributed by atoms with Gasteiger partial charge in [0.15, 0.2) is 0 Å². The molecule has 0 aromatic carbocycles. The van der Waals surface area contributed by atoms with Crippen LogP contribution >= 0.6 is 0 Å². The summed E-state index contributed by atoms with van der Waals surface area (Å²) in [6.07, 6.45) is 2.25. The van der Waals surface area contributed by atoms with E-state index in [1.54, 1.807) is 21.7 Å². The van der Waals surface area contributed by atoms with E-state index in [1.165, 1.54) is 0 Å². The molecule has 1 N–H and O–H groups in total. The van der Waals surface area contributed by atoms with Gasteiger partial charge in [-0.25, -0.2) is 0 Å². The fraction of sp³-hybridized carbons (Fsp3) is 0.571. The van der Waals surface area contributed by atoms with E-state index < -0.39 is 6.04 Å². The first-order valence-corrected chi connectivity index (χ1v) is 6.88. The summed E-state index contributed by atoms with van der Waals surface area (Å²) in [7, 11) is 1.77. The molecule has 3 aliphatic heterocycles. The van der Waals surface area contributed by atoms with Crippen molar-refractivity contribution < 1.29 is 14.7 Å². The summed E-state index contributed by atoms with van der Waals surface area (Å²) in [4.78, 5) is 30.0. The first kappa shape index (κ1) is 13.0. The molecule has 2 fully saturated rings. The number of allylic oxidation sites excluding steroid dienone is 1. The van der Waals surface area contributed by atoms with E-state index in [0.29, 0.717) is 19.5 Å². The predicted octanol–water partition coefficient (Wildman–Crippen LogP) is 0.437. The lowest BCUT2D eigenvalue weighted by Gasteiger charge is -2.50. The summed E-state index contributed by atoms with van der Waals surface area (Å²) in [6, 6.07) is -0.420. The Morgan fingerprint density at radius 1 is 1.35 bits per heavy atom. The number of amides is 2. The molecule has 3 rings (SSSR count). The molecule has 0 aromatic rings. The fourth-order valence-electron chi connectivity index (χ4n) is 3.11. The van der Waals surface area contributed by atoms with Crippen molar-refractivity contribution in [1.82, 2.24) is 14.7 Å². The maximum Gasteiger partial charge on any atom is 0.274 e. The van der Waals surface area contributed by atoms with E-state index in [9.17, 15) is 14.7 Å². The van der Waals surface area contributed by atoms with Crippen LogP contribution in [0.2, 0.25) is 0 Å². The molecule has 0 bridgehead atoms. The summed E-state index contributed by atoms with van der Waals surface area (Å²) in [5.41, 5.74) is 1.22. The second-order valence-electron chi connectivity index (χ2n) is 5.83. The molecule has 0 aromatic heterocycles. The number of likely N-dealkylation sites (N-methyl/N-ethyl adjacent to an activating group) is 1. The number of carbonyl (C=O) groups excluding carboxylic acids is 2. The molecule has 1 atom stereocenters. The molecule has 1 unspecified atom stereocenters. The van der Waals surface area contributed by atoms with Gasteiger partial charge in [0.25, 0.3) is 5.91 Å². The molecule has 2 saturated heterocycles. The second kappa shape index (κ2) is 4.26. The van der Waals surface area contributed by atoms with Gasteiger partial charge in [0.05, 0.1) is 13.1 Å². The van der Waals surface area contributed by atoms with Gasteiger partial charge < -0.3 is 19.8 Å². The number of aliphatic hydroxyl groups excluding tert-OH is 1. The smallest absolute Gasteiger partial charge is 0.274 e. The van der Waals surface area contributed by atoms with Crippen LogP contribution in [0.5, 0.6) is 0 Å². The van der Waals surface area contributed by atoms with Crippen molar-refractivity contribution in [3.63, 3.8) is 0 Å². The van der Waals surface area contributed by atoms with E-state index >= 15 is 0 Å². The highest BCUT2D eigenvalue weighted by Crippen LogP contribution is 2.35. The minimum Gasteiger partial charge on any atom is -0.510 e. The number of piperazine rings is 2. The number of rotatable bonds is 1. The van der Waals surface area contributed by atoms with Crippen molar-refractivity contribution in [3.05, 3.63) is 23.2 Å². The van der Waals surface area contributed by atoms with Crippen molar-refractivity contribution in [2.45, 2.75) is 32.4 Å². The van der Waals surface area contributed by atoms with Gasteiger partial charge in [0.1, 0.15) is 17.5 Å². The van der Waals surface area contributed by atoms with Gasteiger partial charge >= 0.3 is 0 Å². The maximum absolute atomic E-state index is 12.5. The molecular weight excluding hydrogens is 258 g/mol. The molecule has 6 nitrogen and oxygen atoms in total. The van der Waals surface area contributed by atoms with E-state index in [-0.39, 0.29) is 29.3 Å². The van der Waals surface area contributed by atoms with E-state index in [1.807, 2.05) is 19.9 Å². The second-order valence-corrected chi connectivity index (χ2v) is 5.83. The Labute approximate surface area is 117 Å². The number of carbonyl (C=O) groups is 2. The van der Waals surface area contributed by atoms with Gasteiger partial charge in [-0.15, -0.1) is 0 Å². The molecule has 108 valence electrons.